The minimum atomic E-state index is -4.34. The number of anilines is 1. The molecule has 0 radical (unpaired) electrons. The molecule has 1 N–H and O–H groups in total. The van der Waals surface area contributed by atoms with Crippen molar-refractivity contribution in [3.05, 3.63) is 63.7 Å². The highest BCUT2D eigenvalue weighted by atomic mass is 32.1. The van der Waals surface area contributed by atoms with Gasteiger partial charge in [-0.3, -0.25) is 0 Å². The largest absolute Gasteiger partial charge is 0.507 e. The van der Waals surface area contributed by atoms with E-state index in [9.17, 15) is 18.3 Å². The van der Waals surface area contributed by atoms with Crippen LogP contribution in [0.4, 0.5) is 18.9 Å². The summed E-state index contributed by atoms with van der Waals surface area (Å²) in [6.45, 7) is 9.15. The Kier molecular flexibility index (Phi) is 5.89. The Morgan fingerprint density at radius 2 is 1.62 bits per heavy atom. The van der Waals surface area contributed by atoms with Gasteiger partial charge in [-0.15, -0.1) is 11.3 Å². The van der Waals surface area contributed by atoms with Crippen molar-refractivity contribution in [3.63, 3.8) is 0 Å². The van der Waals surface area contributed by atoms with Gasteiger partial charge in [0.05, 0.1) is 17.8 Å². The summed E-state index contributed by atoms with van der Waals surface area (Å²) in [5.74, 6) is 0.309. The fourth-order valence-corrected chi connectivity index (χ4v) is 4.26. The third kappa shape index (κ3) is 4.56. The maximum absolute atomic E-state index is 12.8. The van der Waals surface area contributed by atoms with Crippen LogP contribution < -0.4 is 4.90 Å². The van der Waals surface area contributed by atoms with E-state index in [2.05, 4.69) is 16.8 Å². The number of alkyl halides is 3. The van der Waals surface area contributed by atoms with Crippen molar-refractivity contribution in [2.24, 2.45) is 0 Å². The fraction of sp³-hybridized carbons (Fsp3) is 0.318. The highest BCUT2D eigenvalue weighted by Gasteiger charge is 2.30. The predicted molar refractivity (Wildman–Crippen MR) is 112 cm³/mol. The molecule has 2 aromatic carbocycles. The fourth-order valence-electron chi connectivity index (χ4n) is 3.17. The van der Waals surface area contributed by atoms with Gasteiger partial charge < -0.3 is 10.0 Å². The molecular weight excluding hydrogens is 397 g/mol. The summed E-state index contributed by atoms with van der Waals surface area (Å²) in [5, 5.41) is 10.7. The van der Waals surface area contributed by atoms with Gasteiger partial charge in [-0.25, -0.2) is 4.98 Å². The zero-order valence-corrected chi connectivity index (χ0v) is 17.6. The van der Waals surface area contributed by atoms with E-state index in [0.29, 0.717) is 22.9 Å². The monoisotopic (exact) mass is 420 g/mol. The average molecular weight is 421 g/mol. The molecule has 0 unspecified atom stereocenters. The molecule has 3 nitrogen and oxygen atoms in total. The molecule has 0 fully saturated rings. The summed E-state index contributed by atoms with van der Waals surface area (Å²) < 4.78 is 38.3. The number of nitrogens with zero attached hydrogens (tertiary/aromatic N) is 2. The number of aromatic hydroxyl groups is 1. The van der Waals surface area contributed by atoms with E-state index in [1.54, 1.807) is 0 Å². The van der Waals surface area contributed by atoms with E-state index in [-0.39, 0.29) is 0 Å². The highest BCUT2D eigenvalue weighted by Crippen LogP contribution is 2.34. The van der Waals surface area contributed by atoms with Crippen LogP contribution in [0.5, 0.6) is 5.75 Å². The van der Waals surface area contributed by atoms with E-state index in [4.69, 9.17) is 0 Å². The number of halogens is 3. The molecule has 0 saturated carbocycles. The third-order valence-electron chi connectivity index (χ3n) is 4.91. The number of hydrogen-bond donors (Lipinski definition) is 1. The van der Waals surface area contributed by atoms with E-state index < -0.39 is 11.7 Å². The van der Waals surface area contributed by atoms with Crippen LogP contribution in [0.3, 0.4) is 0 Å². The smallest absolute Gasteiger partial charge is 0.416 e. The van der Waals surface area contributed by atoms with Crippen molar-refractivity contribution >= 4 is 17.0 Å². The summed E-state index contributed by atoms with van der Waals surface area (Å²) >= 11 is 1.49. The SMILES string of the molecule is CCN(Cc1sc(-c2ccc(C(F)(F)F)cc2)nc1C)c1cc(C)c(O)c(C)c1. The van der Waals surface area contributed by atoms with Crippen molar-refractivity contribution in [2.75, 3.05) is 11.4 Å². The van der Waals surface area contributed by atoms with Crippen molar-refractivity contribution in [2.45, 2.75) is 40.4 Å². The first-order chi connectivity index (χ1) is 13.6. The van der Waals surface area contributed by atoms with Crippen LogP contribution in [-0.4, -0.2) is 16.6 Å². The van der Waals surface area contributed by atoms with Crippen molar-refractivity contribution in [1.29, 1.82) is 0 Å². The number of aryl methyl sites for hydroxylation is 3. The van der Waals surface area contributed by atoms with Crippen LogP contribution in [0.1, 0.15) is 34.2 Å². The molecular formula is C22H23F3N2OS. The number of phenolic OH excluding ortho intramolecular Hbond substituents is 1. The van der Waals surface area contributed by atoms with Gasteiger partial charge >= 0.3 is 6.18 Å². The second-order valence-electron chi connectivity index (χ2n) is 7.05. The number of rotatable bonds is 5. The average Bonchev–Trinajstić information content (AvgIpc) is 3.03. The zero-order chi connectivity index (χ0) is 21.3. The van der Waals surface area contributed by atoms with Crippen LogP contribution in [-0.2, 0) is 12.7 Å². The maximum Gasteiger partial charge on any atom is 0.416 e. The van der Waals surface area contributed by atoms with Crippen molar-refractivity contribution in [1.82, 2.24) is 4.98 Å². The van der Waals surface area contributed by atoms with Gasteiger partial charge in [-0.05, 0) is 63.1 Å². The maximum atomic E-state index is 12.8. The summed E-state index contributed by atoms with van der Waals surface area (Å²) in [6, 6.07) is 9.03. The first-order valence-electron chi connectivity index (χ1n) is 9.29. The van der Waals surface area contributed by atoms with E-state index in [0.717, 1.165) is 46.1 Å². The quantitative estimate of drug-likeness (QED) is 0.513. The van der Waals surface area contributed by atoms with Crippen LogP contribution in [0, 0.1) is 20.8 Å². The minimum Gasteiger partial charge on any atom is -0.507 e. The second kappa shape index (κ2) is 8.06. The number of benzene rings is 2. The molecule has 29 heavy (non-hydrogen) atoms. The van der Waals surface area contributed by atoms with Gasteiger partial charge in [0, 0.05) is 22.7 Å². The summed E-state index contributed by atoms with van der Waals surface area (Å²) in [5.41, 5.74) is 3.55. The Morgan fingerprint density at radius 1 is 1.03 bits per heavy atom. The predicted octanol–water partition coefficient (Wildman–Crippen LogP) is 6.49. The van der Waals surface area contributed by atoms with Gasteiger partial charge in [-0.2, -0.15) is 13.2 Å². The third-order valence-corrected chi connectivity index (χ3v) is 6.10. The van der Waals surface area contributed by atoms with Crippen molar-refractivity contribution in [3.8, 4) is 16.3 Å². The highest BCUT2D eigenvalue weighted by molar-refractivity contribution is 7.15. The Morgan fingerprint density at radius 3 is 2.14 bits per heavy atom. The summed E-state index contributed by atoms with van der Waals surface area (Å²) in [7, 11) is 0. The lowest BCUT2D eigenvalue weighted by Gasteiger charge is -2.24. The number of thiazole rings is 1. The van der Waals surface area contributed by atoms with Crippen LogP contribution >= 0.6 is 11.3 Å². The normalized spacial score (nSPS) is 11.7. The molecule has 0 amide bonds. The molecule has 0 aliphatic heterocycles. The molecule has 0 atom stereocenters. The first kappa shape index (κ1) is 21.2. The molecule has 7 heteroatoms. The first-order valence-corrected chi connectivity index (χ1v) is 10.1. The van der Waals surface area contributed by atoms with Crippen LogP contribution in [0.2, 0.25) is 0 Å². The van der Waals surface area contributed by atoms with E-state index in [1.165, 1.54) is 23.5 Å². The van der Waals surface area contributed by atoms with E-state index in [1.807, 2.05) is 32.9 Å². The van der Waals surface area contributed by atoms with E-state index >= 15 is 0 Å². The molecule has 0 aliphatic carbocycles. The Balaban J connectivity index is 1.86. The Hall–Kier alpha value is -2.54. The molecule has 1 heterocycles. The molecule has 3 rings (SSSR count). The summed E-state index contributed by atoms with van der Waals surface area (Å²) in [6.07, 6.45) is -4.34. The topological polar surface area (TPSA) is 36.4 Å². The molecule has 154 valence electrons. The van der Waals surface area contributed by atoms with Gasteiger partial charge in [0.2, 0.25) is 0 Å². The standard InChI is InChI=1S/C22H23F3N2OS/c1-5-27(18-10-13(2)20(28)14(3)11-18)12-19-15(4)26-21(29-19)16-6-8-17(9-7-16)22(23,24)25/h6-11,28H,5,12H2,1-4H3. The molecule has 0 saturated heterocycles. The Labute approximate surface area is 172 Å². The second-order valence-corrected chi connectivity index (χ2v) is 8.13. The van der Waals surface area contributed by atoms with Gasteiger partial charge in [0.25, 0.3) is 0 Å². The van der Waals surface area contributed by atoms with Gasteiger partial charge in [0.1, 0.15) is 10.8 Å². The molecule has 0 spiro atoms. The number of phenols is 1. The number of hydrogen-bond acceptors (Lipinski definition) is 4. The zero-order valence-electron chi connectivity index (χ0n) is 16.8. The lowest BCUT2D eigenvalue weighted by molar-refractivity contribution is -0.137. The van der Waals surface area contributed by atoms with Crippen LogP contribution in [0.25, 0.3) is 10.6 Å². The van der Waals surface area contributed by atoms with Crippen LogP contribution in [0.15, 0.2) is 36.4 Å². The Bertz CT molecular complexity index is 987. The summed E-state index contributed by atoms with van der Waals surface area (Å²) in [4.78, 5) is 7.82. The molecule has 0 bridgehead atoms. The lowest BCUT2D eigenvalue weighted by atomic mass is 10.1. The molecule has 3 aromatic rings. The van der Waals surface area contributed by atoms with Gasteiger partial charge in [0.15, 0.2) is 0 Å². The lowest BCUT2D eigenvalue weighted by Crippen LogP contribution is -2.22. The minimum absolute atomic E-state index is 0.309. The molecule has 0 aliphatic rings. The van der Waals surface area contributed by atoms with Gasteiger partial charge in [-0.1, -0.05) is 12.1 Å². The van der Waals surface area contributed by atoms with Crippen molar-refractivity contribution < 1.29 is 18.3 Å². The number of aromatic nitrogens is 1. The molecule has 1 aromatic heterocycles.